The van der Waals surface area contributed by atoms with Crippen molar-refractivity contribution in [2.24, 2.45) is 0 Å². The molecule has 1 amide bonds. The van der Waals surface area contributed by atoms with Crippen LogP contribution in [0, 0.1) is 0 Å². The lowest BCUT2D eigenvalue weighted by Gasteiger charge is -2.17. The van der Waals surface area contributed by atoms with Crippen LogP contribution in [0.1, 0.15) is 24.3 Å². The Morgan fingerprint density at radius 3 is 2.90 bits per heavy atom. The number of amides is 1. The molecule has 2 rings (SSSR count). The van der Waals surface area contributed by atoms with E-state index in [4.69, 9.17) is 0 Å². The van der Waals surface area contributed by atoms with Crippen LogP contribution in [0.2, 0.25) is 0 Å². The smallest absolute Gasteiger partial charge is 0.239 e. The van der Waals surface area contributed by atoms with Crippen LogP contribution in [0.5, 0.6) is 0 Å². The van der Waals surface area contributed by atoms with Crippen molar-refractivity contribution in [3.63, 3.8) is 0 Å². The summed E-state index contributed by atoms with van der Waals surface area (Å²) < 4.78 is 1.71. The Balaban J connectivity index is 2.27. The molecule has 2 aromatic rings. The lowest BCUT2D eigenvalue weighted by Crippen LogP contribution is -2.39. The maximum Gasteiger partial charge on any atom is 0.239 e. The van der Waals surface area contributed by atoms with Gasteiger partial charge in [0.1, 0.15) is 11.3 Å². The minimum absolute atomic E-state index is 0.0857. The van der Waals surface area contributed by atoms with E-state index in [1.165, 1.54) is 0 Å². The molecule has 6 heteroatoms. The number of nitrogens with zero attached hydrogens (tertiary/aromatic N) is 3. The van der Waals surface area contributed by atoms with Gasteiger partial charge >= 0.3 is 0 Å². The van der Waals surface area contributed by atoms with E-state index in [-0.39, 0.29) is 18.5 Å². The van der Waals surface area contributed by atoms with Gasteiger partial charge in [-0.25, -0.2) is 4.98 Å². The van der Waals surface area contributed by atoms with Gasteiger partial charge in [-0.15, -0.1) is 0 Å². The first-order valence-electron chi connectivity index (χ1n) is 6.45. The average Bonchev–Trinajstić information content (AvgIpc) is 2.76. The van der Waals surface area contributed by atoms with Gasteiger partial charge in [0.25, 0.3) is 0 Å². The molecule has 0 aliphatic rings. The third kappa shape index (κ3) is 2.79. The summed E-state index contributed by atoms with van der Waals surface area (Å²) in [7, 11) is 1.74. The quantitative estimate of drug-likeness (QED) is 0.829. The minimum atomic E-state index is -0.101. The van der Waals surface area contributed by atoms with Gasteiger partial charge in [-0.3, -0.25) is 14.0 Å². The Kier molecular flexibility index (Phi) is 4.02. The average molecular weight is 274 g/mol. The predicted molar refractivity (Wildman–Crippen MR) is 77.1 cm³/mol. The van der Waals surface area contributed by atoms with E-state index >= 15 is 0 Å². The highest BCUT2D eigenvalue weighted by molar-refractivity contribution is 5.86. The Bertz CT molecular complexity index is 633. The lowest BCUT2D eigenvalue weighted by molar-refractivity contribution is -0.120. The summed E-state index contributed by atoms with van der Waals surface area (Å²) in [4.78, 5) is 29.1. The second kappa shape index (κ2) is 5.73. The number of hydrogen-bond donors (Lipinski definition) is 1. The van der Waals surface area contributed by atoms with Crippen LogP contribution >= 0.6 is 0 Å². The first-order chi connectivity index (χ1) is 9.52. The Labute approximate surface area is 117 Å². The molecule has 0 aliphatic carbocycles. The van der Waals surface area contributed by atoms with E-state index in [0.29, 0.717) is 17.2 Å². The summed E-state index contributed by atoms with van der Waals surface area (Å²) in [6.45, 7) is 3.96. The summed E-state index contributed by atoms with van der Waals surface area (Å²) in [6, 6.07) is 5.59. The molecular formula is C14H18N4O2. The zero-order valence-corrected chi connectivity index (χ0v) is 11.8. The summed E-state index contributed by atoms with van der Waals surface area (Å²) >= 11 is 0. The number of aldehydes is 1. The van der Waals surface area contributed by atoms with Crippen molar-refractivity contribution in [2.45, 2.75) is 19.9 Å². The van der Waals surface area contributed by atoms with Gasteiger partial charge in [0, 0.05) is 19.3 Å². The predicted octanol–water partition coefficient (Wildman–Crippen LogP) is 1.11. The van der Waals surface area contributed by atoms with E-state index < -0.39 is 0 Å². The number of hydrogen-bond acceptors (Lipinski definition) is 4. The standard InChI is InChI=1S/C14H18N4O2/c1-10(2)15-13(20)8-17(3)14-11(9-19)18-7-5-4-6-12(18)16-14/h4-7,9-10H,8H2,1-3H3,(H,15,20). The molecule has 0 aliphatic heterocycles. The fourth-order valence-corrected chi connectivity index (χ4v) is 2.05. The van der Waals surface area contributed by atoms with Crippen molar-refractivity contribution in [1.82, 2.24) is 14.7 Å². The number of pyridine rings is 1. The monoisotopic (exact) mass is 274 g/mol. The first kappa shape index (κ1) is 14.0. The summed E-state index contributed by atoms with van der Waals surface area (Å²) in [5.74, 6) is 0.404. The third-order valence-corrected chi connectivity index (χ3v) is 2.85. The van der Waals surface area contributed by atoms with Crippen LogP contribution in [-0.2, 0) is 4.79 Å². The van der Waals surface area contributed by atoms with E-state index in [1.807, 2.05) is 32.0 Å². The molecule has 0 saturated carbocycles. The first-order valence-corrected chi connectivity index (χ1v) is 6.45. The molecule has 106 valence electrons. The highest BCUT2D eigenvalue weighted by atomic mass is 16.2. The van der Waals surface area contributed by atoms with Crippen molar-refractivity contribution in [1.29, 1.82) is 0 Å². The molecule has 0 unspecified atom stereocenters. The number of carbonyl (C=O) groups excluding carboxylic acids is 2. The van der Waals surface area contributed by atoms with E-state index in [0.717, 1.165) is 6.29 Å². The zero-order valence-electron chi connectivity index (χ0n) is 11.8. The second-order valence-corrected chi connectivity index (χ2v) is 4.95. The van der Waals surface area contributed by atoms with Crippen LogP contribution in [-0.4, -0.2) is 41.2 Å². The molecule has 20 heavy (non-hydrogen) atoms. The fourth-order valence-electron chi connectivity index (χ4n) is 2.05. The van der Waals surface area contributed by atoms with Gasteiger partial charge in [0.15, 0.2) is 12.1 Å². The zero-order chi connectivity index (χ0) is 14.7. The maximum absolute atomic E-state index is 11.8. The Morgan fingerprint density at radius 1 is 1.50 bits per heavy atom. The van der Waals surface area contributed by atoms with Gasteiger partial charge in [0.2, 0.25) is 5.91 Å². The highest BCUT2D eigenvalue weighted by Crippen LogP contribution is 2.18. The molecule has 0 bridgehead atoms. The molecule has 0 atom stereocenters. The molecule has 0 aromatic carbocycles. The molecule has 0 saturated heterocycles. The van der Waals surface area contributed by atoms with Crippen LogP contribution < -0.4 is 10.2 Å². The third-order valence-electron chi connectivity index (χ3n) is 2.85. The minimum Gasteiger partial charge on any atom is -0.352 e. The van der Waals surface area contributed by atoms with Gasteiger partial charge in [-0.05, 0) is 26.0 Å². The number of carbonyl (C=O) groups is 2. The Hall–Kier alpha value is -2.37. The van der Waals surface area contributed by atoms with Crippen molar-refractivity contribution >= 4 is 23.7 Å². The molecule has 2 aromatic heterocycles. The van der Waals surface area contributed by atoms with Gasteiger partial charge in [-0.1, -0.05) is 6.07 Å². The van der Waals surface area contributed by atoms with Gasteiger partial charge in [-0.2, -0.15) is 0 Å². The fraction of sp³-hybridized carbons (Fsp3) is 0.357. The van der Waals surface area contributed by atoms with E-state index in [2.05, 4.69) is 10.3 Å². The van der Waals surface area contributed by atoms with Crippen molar-refractivity contribution in [2.75, 3.05) is 18.5 Å². The van der Waals surface area contributed by atoms with Crippen LogP contribution in [0.15, 0.2) is 24.4 Å². The molecule has 0 spiro atoms. The molecule has 0 radical (unpaired) electrons. The molecule has 0 fully saturated rings. The number of aromatic nitrogens is 2. The number of imidazole rings is 1. The largest absolute Gasteiger partial charge is 0.352 e. The number of likely N-dealkylation sites (N-methyl/N-ethyl adjacent to an activating group) is 1. The molecule has 6 nitrogen and oxygen atoms in total. The van der Waals surface area contributed by atoms with E-state index in [9.17, 15) is 9.59 Å². The van der Waals surface area contributed by atoms with Gasteiger partial charge in [0.05, 0.1) is 6.54 Å². The Morgan fingerprint density at radius 2 is 2.25 bits per heavy atom. The number of rotatable bonds is 5. The number of fused-ring (bicyclic) bond motifs is 1. The van der Waals surface area contributed by atoms with E-state index in [1.54, 1.807) is 22.5 Å². The normalized spacial score (nSPS) is 10.8. The van der Waals surface area contributed by atoms with Crippen molar-refractivity contribution in [3.8, 4) is 0 Å². The van der Waals surface area contributed by atoms with Crippen LogP contribution in [0.4, 0.5) is 5.82 Å². The number of anilines is 1. The summed E-state index contributed by atoms with van der Waals surface area (Å²) in [6.07, 6.45) is 2.53. The molecular weight excluding hydrogens is 256 g/mol. The summed E-state index contributed by atoms with van der Waals surface area (Å²) in [5, 5.41) is 2.81. The molecule has 1 N–H and O–H groups in total. The molecule has 2 heterocycles. The summed E-state index contributed by atoms with van der Waals surface area (Å²) in [5.41, 5.74) is 1.13. The topological polar surface area (TPSA) is 66.7 Å². The van der Waals surface area contributed by atoms with Gasteiger partial charge < -0.3 is 10.2 Å². The lowest BCUT2D eigenvalue weighted by atomic mass is 10.3. The van der Waals surface area contributed by atoms with Crippen LogP contribution in [0.3, 0.4) is 0 Å². The van der Waals surface area contributed by atoms with Crippen LogP contribution in [0.25, 0.3) is 5.65 Å². The highest BCUT2D eigenvalue weighted by Gasteiger charge is 2.17. The van der Waals surface area contributed by atoms with Crippen molar-refractivity contribution < 1.29 is 9.59 Å². The number of nitrogens with one attached hydrogen (secondary N) is 1. The SMILES string of the molecule is CC(C)NC(=O)CN(C)c1nc2ccccn2c1C=O. The van der Waals surface area contributed by atoms with Crippen molar-refractivity contribution in [3.05, 3.63) is 30.1 Å². The second-order valence-electron chi connectivity index (χ2n) is 4.95. The maximum atomic E-state index is 11.8.